The van der Waals surface area contributed by atoms with Crippen molar-refractivity contribution >= 4 is 59.9 Å². The van der Waals surface area contributed by atoms with Gasteiger partial charge in [-0.15, -0.1) is 0 Å². The summed E-state index contributed by atoms with van der Waals surface area (Å²) in [7, 11) is 0. The molecule has 2 heteroatoms. The van der Waals surface area contributed by atoms with Gasteiger partial charge in [0.15, 0.2) is 0 Å². The van der Waals surface area contributed by atoms with Crippen LogP contribution in [0.25, 0.3) is 76.7 Å². The number of nitrogens with zero attached hydrogens (tertiary/aromatic N) is 2. The molecule has 3 heterocycles. The zero-order chi connectivity index (χ0) is 27.0. The van der Waals surface area contributed by atoms with Crippen LogP contribution in [0.2, 0.25) is 0 Å². The average molecular weight is 523 g/mol. The Hall–Kier alpha value is -5.08. The molecule has 0 amide bonds. The predicted molar refractivity (Wildman–Crippen MR) is 173 cm³/mol. The molecule has 0 spiro atoms. The van der Waals surface area contributed by atoms with Gasteiger partial charge in [0, 0.05) is 43.4 Å². The lowest BCUT2D eigenvalue weighted by atomic mass is 9.81. The van der Waals surface area contributed by atoms with Crippen LogP contribution < -0.4 is 0 Å². The Kier molecular flexibility index (Phi) is 3.79. The highest BCUT2D eigenvalue weighted by Gasteiger charge is 2.37. The van der Waals surface area contributed by atoms with Crippen molar-refractivity contribution in [1.29, 1.82) is 0 Å². The van der Waals surface area contributed by atoms with Gasteiger partial charge in [-0.05, 0) is 70.8 Å². The number of hydrogen-bond acceptors (Lipinski definition) is 0. The van der Waals surface area contributed by atoms with E-state index in [9.17, 15) is 0 Å². The fraction of sp³-hybridized carbons (Fsp3) is 0.0769. The van der Waals surface area contributed by atoms with Crippen molar-refractivity contribution in [3.63, 3.8) is 0 Å². The molecule has 0 saturated heterocycles. The number of aromatic nitrogens is 2. The van der Waals surface area contributed by atoms with Crippen molar-refractivity contribution in [2.24, 2.45) is 0 Å². The second-order valence-electron chi connectivity index (χ2n) is 12.2. The second-order valence-corrected chi connectivity index (χ2v) is 12.2. The lowest BCUT2D eigenvalue weighted by molar-refractivity contribution is 0.662. The Morgan fingerprint density at radius 3 is 1.71 bits per heavy atom. The molecule has 0 bridgehead atoms. The van der Waals surface area contributed by atoms with E-state index in [0.29, 0.717) is 0 Å². The summed E-state index contributed by atoms with van der Waals surface area (Å²) in [5, 5.41) is 7.97. The molecule has 0 fully saturated rings. The van der Waals surface area contributed by atoms with Crippen LogP contribution in [-0.4, -0.2) is 8.97 Å². The highest BCUT2D eigenvalue weighted by molar-refractivity contribution is 6.24. The van der Waals surface area contributed by atoms with Crippen LogP contribution in [-0.2, 0) is 5.41 Å². The molecule has 1 aliphatic carbocycles. The van der Waals surface area contributed by atoms with Gasteiger partial charge in [-0.1, -0.05) is 86.6 Å². The molecule has 0 aliphatic heterocycles. The monoisotopic (exact) mass is 522 g/mol. The smallest absolute Gasteiger partial charge is 0.0620 e. The van der Waals surface area contributed by atoms with E-state index in [2.05, 4.69) is 144 Å². The van der Waals surface area contributed by atoms with Gasteiger partial charge >= 0.3 is 0 Å². The van der Waals surface area contributed by atoms with E-state index in [0.717, 1.165) is 0 Å². The molecule has 0 atom stereocenters. The van der Waals surface area contributed by atoms with Crippen molar-refractivity contribution in [1.82, 2.24) is 8.97 Å². The zero-order valence-electron chi connectivity index (χ0n) is 22.9. The fourth-order valence-corrected chi connectivity index (χ4v) is 7.97. The average Bonchev–Trinajstić information content (AvgIpc) is 3.69. The second kappa shape index (κ2) is 7.16. The van der Waals surface area contributed by atoms with E-state index in [1.165, 1.54) is 87.8 Å². The summed E-state index contributed by atoms with van der Waals surface area (Å²) in [4.78, 5) is 0. The fourth-order valence-electron chi connectivity index (χ4n) is 7.97. The molecule has 0 saturated carbocycles. The SMILES string of the molecule is CC1(C)c2cc3c4ccccc4n(-c4ccccc4)c3cc2-c2cc3c(cc21)c1cccc2c4ccccc4n3c21. The molecule has 0 radical (unpaired) electrons. The topological polar surface area (TPSA) is 9.34 Å². The predicted octanol–water partition coefficient (Wildman–Crippen LogP) is 10.2. The molecule has 6 aromatic carbocycles. The van der Waals surface area contributed by atoms with E-state index >= 15 is 0 Å². The van der Waals surface area contributed by atoms with Gasteiger partial charge in [0.2, 0.25) is 0 Å². The quantitative estimate of drug-likeness (QED) is 0.203. The molecule has 1 aliphatic rings. The Bertz CT molecular complexity index is 2540. The third-order valence-electron chi connectivity index (χ3n) is 9.82. The van der Waals surface area contributed by atoms with Crippen LogP contribution >= 0.6 is 0 Å². The van der Waals surface area contributed by atoms with Crippen LogP contribution in [0.3, 0.4) is 0 Å². The minimum absolute atomic E-state index is 0.100. The lowest BCUT2D eigenvalue weighted by Gasteiger charge is -2.22. The maximum absolute atomic E-state index is 2.50. The lowest BCUT2D eigenvalue weighted by Crippen LogP contribution is -2.14. The van der Waals surface area contributed by atoms with Crippen LogP contribution in [0.5, 0.6) is 0 Å². The summed E-state index contributed by atoms with van der Waals surface area (Å²) < 4.78 is 4.93. The summed E-state index contributed by atoms with van der Waals surface area (Å²) in [6, 6.07) is 45.1. The number of fused-ring (bicyclic) bond motifs is 12. The first-order valence-electron chi connectivity index (χ1n) is 14.5. The maximum atomic E-state index is 2.50. The molecule has 0 N–H and O–H groups in total. The van der Waals surface area contributed by atoms with Gasteiger partial charge in [0.1, 0.15) is 0 Å². The van der Waals surface area contributed by atoms with Gasteiger partial charge < -0.3 is 8.97 Å². The van der Waals surface area contributed by atoms with Gasteiger partial charge in [0.25, 0.3) is 0 Å². The Morgan fingerprint density at radius 2 is 0.976 bits per heavy atom. The van der Waals surface area contributed by atoms with Crippen LogP contribution in [0.4, 0.5) is 0 Å². The largest absolute Gasteiger partial charge is 0.309 e. The first-order chi connectivity index (χ1) is 20.1. The molecule has 10 rings (SSSR count). The van der Waals surface area contributed by atoms with Crippen molar-refractivity contribution in [2.75, 3.05) is 0 Å². The standard InChI is InChI=1S/C39H26N2/c1-39(2)32-19-30-25-14-7-8-17-34(25)40(23-11-4-3-5-12-23)36(30)21-28(32)29-22-37-31(20-33(29)39)27-16-10-15-26-24-13-6-9-18-35(24)41(37)38(26)27/h3-22H,1-2H3. The van der Waals surface area contributed by atoms with Crippen molar-refractivity contribution in [2.45, 2.75) is 19.3 Å². The molecule has 0 unspecified atom stereocenters. The van der Waals surface area contributed by atoms with Crippen molar-refractivity contribution in [3.8, 4) is 16.8 Å². The number of benzene rings is 6. The van der Waals surface area contributed by atoms with E-state index in [1.807, 2.05) is 0 Å². The highest BCUT2D eigenvalue weighted by atomic mass is 15.0. The summed E-state index contributed by atoms with van der Waals surface area (Å²) in [6.45, 7) is 4.80. The summed E-state index contributed by atoms with van der Waals surface area (Å²) in [5.41, 5.74) is 13.1. The highest BCUT2D eigenvalue weighted by Crippen LogP contribution is 2.53. The first kappa shape index (κ1) is 21.7. The molecule has 2 nitrogen and oxygen atoms in total. The molecule has 9 aromatic rings. The molecular formula is C39H26N2. The van der Waals surface area contributed by atoms with Crippen molar-refractivity contribution < 1.29 is 0 Å². The molecule has 41 heavy (non-hydrogen) atoms. The van der Waals surface area contributed by atoms with Gasteiger partial charge in [0.05, 0.1) is 27.6 Å². The van der Waals surface area contributed by atoms with Gasteiger partial charge in [-0.3, -0.25) is 0 Å². The minimum Gasteiger partial charge on any atom is -0.309 e. The molecule has 192 valence electrons. The first-order valence-corrected chi connectivity index (χ1v) is 14.5. The molecule has 3 aromatic heterocycles. The number of hydrogen-bond donors (Lipinski definition) is 0. The minimum atomic E-state index is -0.100. The third-order valence-corrected chi connectivity index (χ3v) is 9.82. The summed E-state index contributed by atoms with van der Waals surface area (Å²) in [6.07, 6.45) is 0. The van der Waals surface area contributed by atoms with E-state index in [1.54, 1.807) is 0 Å². The van der Waals surface area contributed by atoms with Gasteiger partial charge in [-0.2, -0.15) is 0 Å². The van der Waals surface area contributed by atoms with E-state index in [4.69, 9.17) is 0 Å². The Balaban J connectivity index is 1.36. The normalized spacial score (nSPS) is 14.3. The van der Waals surface area contributed by atoms with Gasteiger partial charge in [-0.25, -0.2) is 0 Å². The Morgan fingerprint density at radius 1 is 0.439 bits per heavy atom. The van der Waals surface area contributed by atoms with Crippen molar-refractivity contribution in [3.05, 3.63) is 132 Å². The third kappa shape index (κ3) is 2.50. The van der Waals surface area contributed by atoms with Crippen LogP contribution in [0, 0.1) is 0 Å². The zero-order valence-corrected chi connectivity index (χ0v) is 22.9. The maximum Gasteiger partial charge on any atom is 0.0620 e. The van der Waals surface area contributed by atoms with Crippen LogP contribution in [0.15, 0.2) is 121 Å². The molecular weight excluding hydrogens is 496 g/mol. The van der Waals surface area contributed by atoms with Crippen LogP contribution in [0.1, 0.15) is 25.0 Å². The summed E-state index contributed by atoms with van der Waals surface area (Å²) in [5.74, 6) is 0. The Labute approximate surface area is 237 Å². The van der Waals surface area contributed by atoms with E-state index < -0.39 is 0 Å². The summed E-state index contributed by atoms with van der Waals surface area (Å²) >= 11 is 0. The van der Waals surface area contributed by atoms with E-state index in [-0.39, 0.29) is 5.41 Å². The number of rotatable bonds is 1. The number of para-hydroxylation sites is 4.